The molecule has 1 N–H and O–H groups in total. The van der Waals surface area contributed by atoms with Crippen molar-refractivity contribution in [2.75, 3.05) is 0 Å². The lowest BCUT2D eigenvalue weighted by atomic mass is 10.2. The molecule has 0 radical (unpaired) electrons. The van der Waals surface area contributed by atoms with E-state index in [1.54, 1.807) is 11.6 Å². The molecule has 2 aromatic heterocycles. The predicted octanol–water partition coefficient (Wildman–Crippen LogP) is 1.29. The highest BCUT2D eigenvalue weighted by Gasteiger charge is 2.12. The van der Waals surface area contributed by atoms with Gasteiger partial charge < -0.3 is 5.11 Å². The number of hydrogen-bond acceptors (Lipinski definition) is 4. The van der Waals surface area contributed by atoms with Crippen molar-refractivity contribution in [3.8, 4) is 5.95 Å². The van der Waals surface area contributed by atoms with E-state index in [0.717, 1.165) is 11.4 Å². The molecule has 2 aromatic rings. The summed E-state index contributed by atoms with van der Waals surface area (Å²) in [5.74, 6) is -0.638. The first kappa shape index (κ1) is 11.3. The van der Waals surface area contributed by atoms with Crippen LogP contribution >= 0.6 is 0 Å². The average Bonchev–Trinajstić information content (AvgIpc) is 2.57. The lowest BCUT2D eigenvalue weighted by molar-refractivity contribution is 0.0695. The molecule has 0 saturated carbocycles. The first-order valence-electron chi connectivity index (χ1n) is 5.09. The Balaban J connectivity index is 2.51. The number of hydrogen-bond donors (Lipinski definition) is 1. The van der Waals surface area contributed by atoms with E-state index >= 15 is 0 Å². The number of rotatable bonds is 2. The Kier molecular flexibility index (Phi) is 2.63. The van der Waals surface area contributed by atoms with E-state index in [-0.39, 0.29) is 5.56 Å². The van der Waals surface area contributed by atoms with Crippen molar-refractivity contribution >= 4 is 5.97 Å². The molecule has 0 unspecified atom stereocenters. The third kappa shape index (κ3) is 2.01. The van der Waals surface area contributed by atoms with Crippen LogP contribution in [-0.2, 0) is 0 Å². The van der Waals surface area contributed by atoms with Crippen LogP contribution in [0.4, 0.5) is 0 Å². The highest BCUT2D eigenvalue weighted by atomic mass is 16.4. The third-order valence-electron chi connectivity index (χ3n) is 2.40. The summed E-state index contributed by atoms with van der Waals surface area (Å²) in [5, 5.41) is 13.1. The number of carbonyl (C=O) groups is 1. The molecule has 0 bridgehead atoms. The molecule has 0 saturated heterocycles. The molecule has 0 aliphatic heterocycles. The van der Waals surface area contributed by atoms with E-state index < -0.39 is 5.97 Å². The zero-order valence-corrected chi connectivity index (χ0v) is 9.80. The minimum absolute atomic E-state index is 0.107. The van der Waals surface area contributed by atoms with E-state index in [1.807, 2.05) is 19.9 Å². The van der Waals surface area contributed by atoms with Crippen LogP contribution < -0.4 is 0 Å². The van der Waals surface area contributed by atoms with E-state index in [1.165, 1.54) is 6.20 Å². The molecule has 0 fully saturated rings. The normalized spacial score (nSPS) is 10.5. The number of aryl methyl sites for hydroxylation is 3. The Hall–Kier alpha value is -2.24. The molecule has 6 nitrogen and oxygen atoms in total. The number of nitrogens with zero attached hydrogens (tertiary/aromatic N) is 4. The molecule has 0 aromatic carbocycles. The van der Waals surface area contributed by atoms with Gasteiger partial charge in [-0.15, -0.1) is 0 Å². The van der Waals surface area contributed by atoms with Crippen molar-refractivity contribution in [1.29, 1.82) is 0 Å². The molecule has 0 aliphatic rings. The monoisotopic (exact) mass is 232 g/mol. The van der Waals surface area contributed by atoms with Crippen molar-refractivity contribution in [3.63, 3.8) is 0 Å². The summed E-state index contributed by atoms with van der Waals surface area (Å²) in [5.41, 5.74) is 2.31. The minimum atomic E-state index is -1.03. The number of carboxylic acid groups (broad SMARTS) is 1. The molecule has 2 heterocycles. The Morgan fingerprint density at radius 2 is 2.06 bits per heavy atom. The van der Waals surface area contributed by atoms with Gasteiger partial charge in [-0.3, -0.25) is 0 Å². The fourth-order valence-electron chi connectivity index (χ4n) is 1.60. The summed E-state index contributed by atoms with van der Waals surface area (Å²) in [6, 6.07) is 1.91. The second-order valence-electron chi connectivity index (χ2n) is 3.81. The van der Waals surface area contributed by atoms with Gasteiger partial charge in [0, 0.05) is 11.9 Å². The molecule has 88 valence electrons. The maximum Gasteiger partial charge on any atom is 0.339 e. The fraction of sp³-hybridized carbons (Fsp3) is 0.273. The first-order chi connectivity index (χ1) is 7.99. The highest BCUT2D eigenvalue weighted by molar-refractivity contribution is 5.88. The lowest BCUT2D eigenvalue weighted by Crippen LogP contribution is -2.10. The second kappa shape index (κ2) is 3.97. The molecule has 0 aliphatic carbocycles. The van der Waals surface area contributed by atoms with E-state index in [0.29, 0.717) is 11.6 Å². The average molecular weight is 232 g/mol. The van der Waals surface area contributed by atoms with Crippen molar-refractivity contribution < 1.29 is 9.90 Å². The Labute approximate surface area is 98.0 Å². The Bertz CT molecular complexity index is 589. The lowest BCUT2D eigenvalue weighted by Gasteiger charge is -2.04. The first-order valence-corrected chi connectivity index (χ1v) is 5.09. The fourth-order valence-corrected chi connectivity index (χ4v) is 1.60. The van der Waals surface area contributed by atoms with Crippen molar-refractivity contribution in [2.45, 2.75) is 20.8 Å². The van der Waals surface area contributed by atoms with Gasteiger partial charge in [0.05, 0.1) is 17.0 Å². The molecule has 0 spiro atoms. The van der Waals surface area contributed by atoms with E-state index in [9.17, 15) is 4.79 Å². The summed E-state index contributed by atoms with van der Waals surface area (Å²) >= 11 is 0. The summed E-state index contributed by atoms with van der Waals surface area (Å²) in [7, 11) is 0. The van der Waals surface area contributed by atoms with Gasteiger partial charge in [0.25, 0.3) is 5.95 Å². The van der Waals surface area contributed by atoms with Gasteiger partial charge in [-0.05, 0) is 26.8 Å². The van der Waals surface area contributed by atoms with Crippen LogP contribution in [0.15, 0.2) is 12.3 Å². The maximum atomic E-state index is 10.8. The largest absolute Gasteiger partial charge is 0.478 e. The van der Waals surface area contributed by atoms with Gasteiger partial charge in [0.1, 0.15) is 0 Å². The van der Waals surface area contributed by atoms with Gasteiger partial charge in [0.15, 0.2) is 0 Å². The molecule has 0 amide bonds. The van der Waals surface area contributed by atoms with Crippen LogP contribution in [-0.4, -0.2) is 30.8 Å². The second-order valence-corrected chi connectivity index (χ2v) is 3.81. The van der Waals surface area contributed by atoms with E-state index in [2.05, 4.69) is 15.1 Å². The quantitative estimate of drug-likeness (QED) is 0.843. The summed E-state index contributed by atoms with van der Waals surface area (Å²) in [6.45, 7) is 5.41. The topological polar surface area (TPSA) is 80.9 Å². The van der Waals surface area contributed by atoms with Gasteiger partial charge in [-0.1, -0.05) is 0 Å². The molecule has 6 heteroatoms. The molecular weight excluding hydrogens is 220 g/mol. The maximum absolute atomic E-state index is 10.8. The van der Waals surface area contributed by atoms with Crippen LogP contribution in [0.1, 0.15) is 27.4 Å². The summed E-state index contributed by atoms with van der Waals surface area (Å²) in [4.78, 5) is 19.0. The predicted molar refractivity (Wildman–Crippen MR) is 60.3 cm³/mol. The number of aromatic carboxylic acids is 1. The van der Waals surface area contributed by atoms with Crippen molar-refractivity contribution in [2.24, 2.45) is 0 Å². The van der Waals surface area contributed by atoms with Gasteiger partial charge in [0.2, 0.25) is 0 Å². The summed E-state index contributed by atoms with van der Waals surface area (Å²) < 4.78 is 1.59. The van der Waals surface area contributed by atoms with Crippen LogP contribution in [0, 0.1) is 20.8 Å². The zero-order chi connectivity index (χ0) is 12.6. The van der Waals surface area contributed by atoms with Crippen LogP contribution in [0.25, 0.3) is 5.95 Å². The van der Waals surface area contributed by atoms with Crippen LogP contribution in [0.2, 0.25) is 0 Å². The molecule has 2 rings (SSSR count). The highest BCUT2D eigenvalue weighted by Crippen LogP contribution is 2.10. The SMILES string of the molecule is Cc1cc(C)n(-c2ncc(C(=O)O)c(C)n2)n1. The molecule has 0 atom stereocenters. The Morgan fingerprint density at radius 1 is 1.35 bits per heavy atom. The Morgan fingerprint density at radius 3 is 2.53 bits per heavy atom. The number of aromatic nitrogens is 4. The van der Waals surface area contributed by atoms with Crippen molar-refractivity contribution in [3.05, 3.63) is 34.9 Å². The standard InChI is InChI=1S/C11H12N4O2/c1-6-4-7(2)15(14-6)11-12-5-9(10(16)17)8(3)13-11/h4-5H,1-3H3,(H,16,17). The van der Waals surface area contributed by atoms with Gasteiger partial charge >= 0.3 is 5.97 Å². The van der Waals surface area contributed by atoms with Crippen LogP contribution in [0.5, 0.6) is 0 Å². The minimum Gasteiger partial charge on any atom is -0.478 e. The van der Waals surface area contributed by atoms with Crippen LogP contribution in [0.3, 0.4) is 0 Å². The molecule has 17 heavy (non-hydrogen) atoms. The molecular formula is C11H12N4O2. The van der Waals surface area contributed by atoms with Crippen molar-refractivity contribution in [1.82, 2.24) is 19.7 Å². The van der Waals surface area contributed by atoms with Gasteiger partial charge in [-0.25, -0.2) is 19.4 Å². The smallest absolute Gasteiger partial charge is 0.339 e. The van der Waals surface area contributed by atoms with E-state index in [4.69, 9.17) is 5.11 Å². The number of carboxylic acids is 1. The zero-order valence-electron chi connectivity index (χ0n) is 9.80. The summed E-state index contributed by atoms with van der Waals surface area (Å²) in [6.07, 6.45) is 1.30. The third-order valence-corrected chi connectivity index (χ3v) is 2.40. The van der Waals surface area contributed by atoms with Gasteiger partial charge in [-0.2, -0.15) is 5.10 Å².